The normalized spacial score (nSPS) is 12.9. The maximum atomic E-state index is 12.8. The van der Waals surface area contributed by atoms with Crippen molar-refractivity contribution in [1.29, 1.82) is 0 Å². The Kier molecular flexibility index (Phi) is 8.96. The summed E-state index contributed by atoms with van der Waals surface area (Å²) in [5.74, 6) is 0.0734. The Bertz CT molecular complexity index is 848. The van der Waals surface area contributed by atoms with Gasteiger partial charge in [-0.15, -0.1) is 0 Å². The zero-order valence-corrected chi connectivity index (χ0v) is 18.6. The Balaban J connectivity index is 2.10. The van der Waals surface area contributed by atoms with Crippen LogP contribution in [0.2, 0.25) is 15.1 Å². The third kappa shape index (κ3) is 6.31. The molecule has 8 heteroatoms. The van der Waals surface area contributed by atoms with E-state index in [4.69, 9.17) is 34.8 Å². The number of halogens is 3. The van der Waals surface area contributed by atoms with Gasteiger partial charge in [0, 0.05) is 0 Å². The van der Waals surface area contributed by atoms with E-state index in [9.17, 15) is 9.59 Å². The fraction of sp³-hybridized carbons (Fsp3) is 0.300. The van der Waals surface area contributed by atoms with Crippen LogP contribution in [0.25, 0.3) is 0 Å². The van der Waals surface area contributed by atoms with Crippen LogP contribution in [0.1, 0.15) is 35.3 Å². The van der Waals surface area contributed by atoms with E-state index in [-0.39, 0.29) is 17.9 Å². The van der Waals surface area contributed by atoms with Crippen molar-refractivity contribution in [1.82, 2.24) is 10.6 Å². The second-order valence-electron chi connectivity index (χ2n) is 6.19. The number of carbonyl (C=O) groups is 2. The van der Waals surface area contributed by atoms with Crippen LogP contribution in [0.4, 0.5) is 0 Å². The van der Waals surface area contributed by atoms with Gasteiger partial charge in [-0.05, 0) is 55.2 Å². The largest absolute Gasteiger partial charge is 0.348 e. The van der Waals surface area contributed by atoms with Crippen LogP contribution in [-0.2, 0) is 4.79 Å². The summed E-state index contributed by atoms with van der Waals surface area (Å²) in [6.07, 6.45) is 2.44. The Morgan fingerprint density at radius 3 is 2.36 bits per heavy atom. The second kappa shape index (κ2) is 11.0. The first-order valence-electron chi connectivity index (χ1n) is 8.63. The van der Waals surface area contributed by atoms with Gasteiger partial charge in [0.25, 0.3) is 5.91 Å². The van der Waals surface area contributed by atoms with E-state index in [1.165, 1.54) is 0 Å². The first-order chi connectivity index (χ1) is 13.3. The molecule has 0 aromatic heterocycles. The Labute approximate surface area is 184 Å². The third-order valence-electron chi connectivity index (χ3n) is 4.15. The molecule has 2 atom stereocenters. The van der Waals surface area contributed by atoms with E-state index in [0.29, 0.717) is 27.1 Å². The number of benzene rings is 2. The zero-order valence-electron chi connectivity index (χ0n) is 15.5. The summed E-state index contributed by atoms with van der Waals surface area (Å²) >= 11 is 19.7. The van der Waals surface area contributed by atoms with Gasteiger partial charge in [0.1, 0.15) is 6.04 Å². The summed E-state index contributed by atoms with van der Waals surface area (Å²) in [7, 11) is 0. The van der Waals surface area contributed by atoms with Crippen molar-refractivity contribution >= 4 is 58.4 Å². The molecule has 0 fully saturated rings. The molecule has 0 spiro atoms. The van der Waals surface area contributed by atoms with Gasteiger partial charge in [-0.25, -0.2) is 0 Å². The first-order valence-corrected chi connectivity index (χ1v) is 11.2. The molecule has 0 bridgehead atoms. The number of nitrogens with one attached hydrogen (secondary N) is 2. The SMILES string of the molecule is CSCCC(NC(=O)c1ccccc1Cl)C(=O)NC(C)c1ccc(Cl)c(Cl)c1. The molecule has 2 rings (SSSR count). The highest BCUT2D eigenvalue weighted by atomic mass is 35.5. The second-order valence-corrected chi connectivity index (χ2v) is 8.40. The summed E-state index contributed by atoms with van der Waals surface area (Å²) < 4.78 is 0. The number of carbonyl (C=O) groups excluding carboxylic acids is 2. The highest BCUT2D eigenvalue weighted by Gasteiger charge is 2.23. The van der Waals surface area contributed by atoms with Crippen LogP contribution in [0, 0.1) is 0 Å². The summed E-state index contributed by atoms with van der Waals surface area (Å²) in [5, 5.41) is 6.93. The van der Waals surface area contributed by atoms with Gasteiger partial charge >= 0.3 is 0 Å². The molecule has 150 valence electrons. The number of thioether (sulfide) groups is 1. The predicted octanol–water partition coefficient (Wildman–Crippen LogP) is 5.38. The van der Waals surface area contributed by atoms with Crippen LogP contribution in [-0.4, -0.2) is 29.9 Å². The number of amides is 2. The minimum atomic E-state index is -0.679. The molecule has 28 heavy (non-hydrogen) atoms. The molecule has 0 radical (unpaired) electrons. The minimum Gasteiger partial charge on any atom is -0.348 e. The van der Waals surface area contributed by atoms with E-state index >= 15 is 0 Å². The quantitative estimate of drug-likeness (QED) is 0.557. The van der Waals surface area contributed by atoms with E-state index < -0.39 is 6.04 Å². The lowest BCUT2D eigenvalue weighted by atomic mass is 10.1. The van der Waals surface area contributed by atoms with Crippen LogP contribution >= 0.6 is 46.6 Å². The number of rotatable bonds is 8. The molecule has 2 amide bonds. The highest BCUT2D eigenvalue weighted by Crippen LogP contribution is 2.25. The van der Waals surface area contributed by atoms with Gasteiger partial charge < -0.3 is 10.6 Å². The molecule has 0 saturated heterocycles. The Morgan fingerprint density at radius 1 is 1.00 bits per heavy atom. The van der Waals surface area contributed by atoms with Crippen molar-refractivity contribution in [3.63, 3.8) is 0 Å². The minimum absolute atomic E-state index is 0.270. The molecule has 0 aliphatic heterocycles. The Morgan fingerprint density at radius 2 is 1.71 bits per heavy atom. The van der Waals surface area contributed by atoms with E-state index in [2.05, 4.69) is 10.6 Å². The molecule has 0 aliphatic carbocycles. The summed E-state index contributed by atoms with van der Waals surface area (Å²) in [5.41, 5.74) is 1.16. The maximum absolute atomic E-state index is 12.8. The molecule has 0 aliphatic rings. The highest BCUT2D eigenvalue weighted by molar-refractivity contribution is 7.98. The molecule has 4 nitrogen and oxygen atoms in total. The number of hydrogen-bond donors (Lipinski definition) is 2. The smallest absolute Gasteiger partial charge is 0.253 e. The molecule has 2 aromatic carbocycles. The fourth-order valence-electron chi connectivity index (χ4n) is 2.56. The fourth-order valence-corrected chi connectivity index (χ4v) is 3.56. The van der Waals surface area contributed by atoms with Gasteiger partial charge in [0.2, 0.25) is 5.91 Å². The van der Waals surface area contributed by atoms with Crippen molar-refractivity contribution < 1.29 is 9.59 Å². The standard InChI is InChI=1S/C20H21Cl3N2O2S/c1-12(13-7-8-16(22)17(23)11-13)24-20(27)18(9-10-28-2)25-19(26)14-5-3-4-6-15(14)21/h3-8,11-12,18H,9-10H2,1-2H3,(H,24,27)(H,25,26). The topological polar surface area (TPSA) is 58.2 Å². The van der Waals surface area contributed by atoms with Crippen LogP contribution in [0.3, 0.4) is 0 Å². The lowest BCUT2D eigenvalue weighted by molar-refractivity contribution is -0.123. The lowest BCUT2D eigenvalue weighted by Crippen LogP contribution is -2.47. The molecule has 0 heterocycles. The van der Waals surface area contributed by atoms with E-state index in [0.717, 1.165) is 11.3 Å². The number of hydrogen-bond acceptors (Lipinski definition) is 3. The molecule has 2 aromatic rings. The maximum Gasteiger partial charge on any atom is 0.253 e. The lowest BCUT2D eigenvalue weighted by Gasteiger charge is -2.22. The zero-order chi connectivity index (χ0) is 20.7. The van der Waals surface area contributed by atoms with Crippen molar-refractivity contribution in [3.8, 4) is 0 Å². The van der Waals surface area contributed by atoms with Crippen molar-refractivity contribution in [3.05, 3.63) is 68.7 Å². The van der Waals surface area contributed by atoms with Gasteiger partial charge in [-0.1, -0.05) is 53.0 Å². The van der Waals surface area contributed by atoms with E-state index in [1.54, 1.807) is 54.2 Å². The van der Waals surface area contributed by atoms with Crippen LogP contribution < -0.4 is 10.6 Å². The first kappa shape index (κ1) is 22.9. The van der Waals surface area contributed by atoms with Gasteiger partial charge in [-0.3, -0.25) is 9.59 Å². The summed E-state index contributed by atoms with van der Waals surface area (Å²) in [6.45, 7) is 1.85. The van der Waals surface area contributed by atoms with Crippen LogP contribution in [0.5, 0.6) is 0 Å². The van der Waals surface area contributed by atoms with E-state index in [1.807, 2.05) is 13.2 Å². The van der Waals surface area contributed by atoms with Crippen molar-refractivity contribution in [2.24, 2.45) is 0 Å². The monoisotopic (exact) mass is 458 g/mol. The Hall–Kier alpha value is -1.40. The molecule has 2 N–H and O–H groups in total. The van der Waals surface area contributed by atoms with Crippen LogP contribution in [0.15, 0.2) is 42.5 Å². The summed E-state index contributed by atoms with van der Waals surface area (Å²) in [6, 6.07) is 11.0. The molecule has 0 saturated carbocycles. The molecular formula is C20H21Cl3N2O2S. The van der Waals surface area contributed by atoms with Crippen molar-refractivity contribution in [2.75, 3.05) is 12.0 Å². The molecule has 2 unspecified atom stereocenters. The van der Waals surface area contributed by atoms with Gasteiger partial charge in [0.15, 0.2) is 0 Å². The van der Waals surface area contributed by atoms with Crippen molar-refractivity contribution in [2.45, 2.75) is 25.4 Å². The van der Waals surface area contributed by atoms with Gasteiger partial charge in [-0.2, -0.15) is 11.8 Å². The average Bonchev–Trinajstić information content (AvgIpc) is 2.67. The third-order valence-corrected chi connectivity index (χ3v) is 5.87. The predicted molar refractivity (Wildman–Crippen MR) is 119 cm³/mol. The average molecular weight is 460 g/mol. The summed E-state index contributed by atoms with van der Waals surface area (Å²) in [4.78, 5) is 25.4. The molecular weight excluding hydrogens is 439 g/mol. The van der Waals surface area contributed by atoms with Gasteiger partial charge in [0.05, 0.1) is 26.7 Å².